The number of carbonyl (C=O) groups is 1. The molecule has 1 amide bonds. The quantitative estimate of drug-likeness (QED) is 0.742. The Kier molecular flexibility index (Phi) is 4.12. The van der Waals surface area contributed by atoms with Gasteiger partial charge >= 0.3 is 5.69 Å². The van der Waals surface area contributed by atoms with E-state index < -0.39 is 11.7 Å². The molecule has 0 unspecified atom stereocenters. The van der Waals surface area contributed by atoms with Crippen molar-refractivity contribution < 1.29 is 13.6 Å². The van der Waals surface area contributed by atoms with Crippen LogP contribution >= 0.6 is 11.6 Å². The second-order valence-corrected chi connectivity index (χ2v) is 6.43. The Morgan fingerprint density at radius 1 is 1.38 bits per heavy atom. The Labute approximate surface area is 152 Å². The molecule has 1 aliphatic rings. The maximum atomic E-state index is 13.2. The zero-order chi connectivity index (χ0) is 18.3. The van der Waals surface area contributed by atoms with Crippen LogP contribution in [0.15, 0.2) is 45.8 Å². The van der Waals surface area contributed by atoms with Crippen LogP contribution in [-0.4, -0.2) is 20.3 Å². The van der Waals surface area contributed by atoms with Gasteiger partial charge in [-0.15, -0.1) is 5.10 Å². The Hall–Kier alpha value is -2.87. The third-order valence-electron chi connectivity index (χ3n) is 4.02. The zero-order valence-corrected chi connectivity index (χ0v) is 14.2. The predicted octanol–water partition coefficient (Wildman–Crippen LogP) is 3.07. The predicted molar refractivity (Wildman–Crippen MR) is 92.5 cm³/mol. The van der Waals surface area contributed by atoms with Gasteiger partial charge < -0.3 is 9.73 Å². The molecule has 0 atom stereocenters. The van der Waals surface area contributed by atoms with Crippen molar-refractivity contribution in [3.8, 4) is 11.6 Å². The number of nitrogens with zero attached hydrogens (tertiary/aromatic N) is 3. The summed E-state index contributed by atoms with van der Waals surface area (Å²) in [5, 5.41) is 6.73. The number of furan rings is 1. The molecule has 0 aliphatic heterocycles. The number of nitrogens with one attached hydrogen (secondary N) is 1. The Morgan fingerprint density at radius 3 is 2.85 bits per heavy atom. The van der Waals surface area contributed by atoms with Gasteiger partial charge in [0, 0.05) is 11.7 Å². The average Bonchev–Trinajstić information content (AvgIpc) is 3.18. The van der Waals surface area contributed by atoms with E-state index in [4.69, 9.17) is 16.0 Å². The third kappa shape index (κ3) is 3.15. The maximum Gasteiger partial charge on any atom is 0.347 e. The van der Waals surface area contributed by atoms with Crippen molar-refractivity contribution in [2.45, 2.75) is 25.4 Å². The maximum absolute atomic E-state index is 13.2. The van der Waals surface area contributed by atoms with Gasteiger partial charge in [0.25, 0.3) is 0 Å². The Morgan fingerprint density at radius 2 is 2.19 bits per heavy atom. The van der Waals surface area contributed by atoms with Crippen molar-refractivity contribution in [3.05, 3.63) is 57.9 Å². The van der Waals surface area contributed by atoms with Gasteiger partial charge in [0.15, 0.2) is 5.76 Å². The molecule has 1 N–H and O–H groups in total. The fourth-order valence-electron chi connectivity index (χ4n) is 2.67. The van der Waals surface area contributed by atoms with Crippen LogP contribution in [0.4, 0.5) is 10.1 Å². The standard InChI is InChI=1S/C17H14ClFN4O3/c18-12-8-10(3-6-13(12)19)20-15(24)9-22-17(25)23(11-4-5-11)16(21-22)14-2-1-7-26-14/h1-3,6-8,11H,4-5,9H2,(H,20,24). The van der Waals surface area contributed by atoms with Gasteiger partial charge in [0.05, 0.1) is 11.3 Å². The fraction of sp³-hybridized carbons (Fsp3) is 0.235. The summed E-state index contributed by atoms with van der Waals surface area (Å²) in [7, 11) is 0. The van der Waals surface area contributed by atoms with Crippen molar-refractivity contribution >= 4 is 23.2 Å². The minimum absolute atomic E-state index is 0.0790. The molecule has 0 spiro atoms. The molecule has 26 heavy (non-hydrogen) atoms. The van der Waals surface area contributed by atoms with Crippen molar-refractivity contribution in [1.82, 2.24) is 14.3 Å². The molecule has 4 rings (SSSR count). The normalized spacial score (nSPS) is 13.8. The van der Waals surface area contributed by atoms with Gasteiger partial charge in [-0.2, -0.15) is 0 Å². The molecule has 7 nitrogen and oxygen atoms in total. The van der Waals surface area contributed by atoms with Crippen molar-refractivity contribution in [2.24, 2.45) is 0 Å². The summed E-state index contributed by atoms with van der Waals surface area (Å²) in [4.78, 5) is 24.9. The monoisotopic (exact) mass is 376 g/mol. The van der Waals surface area contributed by atoms with E-state index in [-0.39, 0.29) is 23.3 Å². The highest BCUT2D eigenvalue weighted by molar-refractivity contribution is 6.31. The summed E-state index contributed by atoms with van der Waals surface area (Å²) in [5.41, 5.74) is -0.0338. The van der Waals surface area contributed by atoms with E-state index in [0.717, 1.165) is 23.6 Å². The van der Waals surface area contributed by atoms with E-state index in [1.54, 1.807) is 16.7 Å². The van der Waals surface area contributed by atoms with Crippen molar-refractivity contribution in [3.63, 3.8) is 0 Å². The van der Waals surface area contributed by atoms with Crippen LogP contribution in [0.5, 0.6) is 0 Å². The lowest BCUT2D eigenvalue weighted by Crippen LogP contribution is -2.30. The molecule has 0 radical (unpaired) electrons. The number of halogens is 2. The van der Waals surface area contributed by atoms with E-state index in [1.165, 1.54) is 18.4 Å². The number of anilines is 1. The van der Waals surface area contributed by atoms with E-state index >= 15 is 0 Å². The van der Waals surface area contributed by atoms with Crippen molar-refractivity contribution in [2.75, 3.05) is 5.32 Å². The van der Waals surface area contributed by atoms with Gasteiger partial charge in [-0.25, -0.2) is 13.9 Å². The Bertz CT molecular complexity index is 1020. The highest BCUT2D eigenvalue weighted by atomic mass is 35.5. The zero-order valence-electron chi connectivity index (χ0n) is 13.5. The molecule has 0 bridgehead atoms. The lowest BCUT2D eigenvalue weighted by molar-refractivity contribution is -0.117. The number of hydrogen-bond donors (Lipinski definition) is 1. The first kappa shape index (κ1) is 16.6. The number of aromatic nitrogens is 3. The molecule has 2 heterocycles. The molecule has 134 valence electrons. The summed E-state index contributed by atoms with van der Waals surface area (Å²) < 4.78 is 21.2. The number of hydrogen-bond acceptors (Lipinski definition) is 4. The van der Waals surface area contributed by atoms with Crippen LogP contribution in [0.1, 0.15) is 18.9 Å². The van der Waals surface area contributed by atoms with Gasteiger partial charge in [-0.1, -0.05) is 11.6 Å². The molecule has 1 saturated carbocycles. The lowest BCUT2D eigenvalue weighted by Gasteiger charge is -2.05. The van der Waals surface area contributed by atoms with Crippen LogP contribution in [0.25, 0.3) is 11.6 Å². The molecular weight excluding hydrogens is 363 g/mol. The second-order valence-electron chi connectivity index (χ2n) is 6.02. The number of benzene rings is 1. The number of amides is 1. The molecule has 0 saturated heterocycles. The third-order valence-corrected chi connectivity index (χ3v) is 4.31. The largest absolute Gasteiger partial charge is 0.461 e. The molecule has 1 aliphatic carbocycles. The van der Waals surface area contributed by atoms with E-state index in [2.05, 4.69) is 10.4 Å². The SMILES string of the molecule is O=C(Cn1nc(-c2ccco2)n(C2CC2)c1=O)Nc1ccc(F)c(Cl)c1. The Balaban J connectivity index is 1.58. The highest BCUT2D eigenvalue weighted by Crippen LogP contribution is 2.36. The number of rotatable bonds is 5. The number of carbonyl (C=O) groups excluding carboxylic acids is 1. The van der Waals surface area contributed by atoms with Crippen LogP contribution in [0.2, 0.25) is 5.02 Å². The summed E-state index contributed by atoms with van der Waals surface area (Å²) >= 11 is 5.70. The summed E-state index contributed by atoms with van der Waals surface area (Å²) in [6.07, 6.45) is 3.28. The van der Waals surface area contributed by atoms with Gasteiger partial charge in [-0.3, -0.25) is 9.36 Å². The summed E-state index contributed by atoms with van der Waals surface area (Å²) in [6, 6.07) is 7.34. The second kappa shape index (κ2) is 6.45. The lowest BCUT2D eigenvalue weighted by atomic mass is 10.3. The minimum atomic E-state index is -0.577. The fourth-order valence-corrected chi connectivity index (χ4v) is 2.85. The first-order valence-corrected chi connectivity index (χ1v) is 8.39. The van der Waals surface area contributed by atoms with Crippen LogP contribution in [0, 0.1) is 5.82 Å². The van der Waals surface area contributed by atoms with Crippen LogP contribution in [0.3, 0.4) is 0 Å². The highest BCUT2D eigenvalue weighted by Gasteiger charge is 2.31. The molecule has 2 aromatic heterocycles. The van der Waals surface area contributed by atoms with Crippen molar-refractivity contribution in [1.29, 1.82) is 0 Å². The van der Waals surface area contributed by atoms with Gasteiger partial charge in [0.2, 0.25) is 11.7 Å². The summed E-state index contributed by atoms with van der Waals surface area (Å²) in [6.45, 7) is -0.277. The van der Waals surface area contributed by atoms with Crippen LogP contribution in [-0.2, 0) is 11.3 Å². The smallest absolute Gasteiger partial charge is 0.347 e. The van der Waals surface area contributed by atoms with E-state index in [9.17, 15) is 14.0 Å². The van der Waals surface area contributed by atoms with Crippen LogP contribution < -0.4 is 11.0 Å². The topological polar surface area (TPSA) is 82.1 Å². The molecular formula is C17H14ClFN4O3. The first-order chi connectivity index (χ1) is 12.5. The van der Waals surface area contributed by atoms with E-state index in [1.807, 2.05) is 0 Å². The van der Waals surface area contributed by atoms with Gasteiger partial charge in [0.1, 0.15) is 12.4 Å². The van der Waals surface area contributed by atoms with Gasteiger partial charge in [-0.05, 0) is 43.2 Å². The minimum Gasteiger partial charge on any atom is -0.461 e. The molecule has 1 fully saturated rings. The van der Waals surface area contributed by atoms with E-state index in [0.29, 0.717) is 17.3 Å². The molecule has 9 heteroatoms. The molecule has 1 aromatic carbocycles. The average molecular weight is 377 g/mol. The summed E-state index contributed by atoms with van der Waals surface area (Å²) in [5.74, 6) is -0.174. The first-order valence-electron chi connectivity index (χ1n) is 8.01. The molecule has 3 aromatic rings.